The molecular formula is C28H38ClN9O2. The number of anilines is 3. The predicted octanol–water partition coefficient (Wildman–Crippen LogP) is 5.32. The number of carbonyl (C=O) groups excluding carboxylic acids is 1. The number of nitrogens with one attached hydrogen (secondary N) is 3. The molecule has 1 aliphatic heterocycles. The van der Waals surface area contributed by atoms with Crippen LogP contribution >= 0.6 is 11.6 Å². The highest BCUT2D eigenvalue weighted by Gasteiger charge is 2.27. The van der Waals surface area contributed by atoms with Gasteiger partial charge in [-0.15, -0.1) is 5.06 Å². The Balaban J connectivity index is 1.11. The second kappa shape index (κ2) is 12.2. The molecule has 0 atom stereocenters. The molecule has 2 aromatic heterocycles. The van der Waals surface area contributed by atoms with Crippen LogP contribution in [0.1, 0.15) is 70.3 Å². The van der Waals surface area contributed by atoms with Crippen LogP contribution in [0.2, 0.25) is 5.02 Å². The minimum Gasteiger partial charge on any atom is -0.365 e. The van der Waals surface area contributed by atoms with Crippen molar-refractivity contribution in [2.24, 2.45) is 5.73 Å². The number of hydroxylamine groups is 2. The van der Waals surface area contributed by atoms with Crippen LogP contribution in [-0.2, 0) is 4.84 Å². The molecule has 3 fully saturated rings. The monoisotopic (exact) mass is 567 g/mol. The zero-order valence-electron chi connectivity index (χ0n) is 22.7. The number of hydrogen-bond donors (Lipinski definition) is 4. The van der Waals surface area contributed by atoms with Crippen LogP contribution in [0.5, 0.6) is 0 Å². The number of nitrogens with two attached hydrogens (primary N) is 1. The summed E-state index contributed by atoms with van der Waals surface area (Å²) in [6.45, 7) is 1.23. The number of benzene rings is 1. The van der Waals surface area contributed by atoms with Gasteiger partial charge in [-0.05, 0) is 75.6 Å². The van der Waals surface area contributed by atoms with E-state index < -0.39 is 6.09 Å². The molecule has 3 heterocycles. The summed E-state index contributed by atoms with van der Waals surface area (Å²) in [6.07, 6.45) is 11.9. The molecule has 2 aliphatic carbocycles. The molecule has 1 amide bonds. The molecule has 2 saturated carbocycles. The quantitative estimate of drug-likeness (QED) is 0.299. The first kappa shape index (κ1) is 27.0. The summed E-state index contributed by atoms with van der Waals surface area (Å²) >= 11 is 5.92. The van der Waals surface area contributed by atoms with Crippen LogP contribution < -0.4 is 21.7 Å². The second-order valence-electron chi connectivity index (χ2n) is 11.3. The maximum Gasteiger partial charge on any atom is 0.430 e. The Morgan fingerprint density at radius 2 is 1.62 bits per heavy atom. The Morgan fingerprint density at radius 1 is 0.925 bits per heavy atom. The zero-order chi connectivity index (χ0) is 27.5. The van der Waals surface area contributed by atoms with Gasteiger partial charge in [-0.25, -0.2) is 9.78 Å². The summed E-state index contributed by atoms with van der Waals surface area (Å²) in [6, 6.07) is 8.16. The minimum absolute atomic E-state index is 0.175. The lowest BCUT2D eigenvalue weighted by molar-refractivity contribution is -0.106. The zero-order valence-corrected chi connectivity index (χ0v) is 23.4. The van der Waals surface area contributed by atoms with Crippen molar-refractivity contribution in [1.29, 1.82) is 0 Å². The van der Waals surface area contributed by atoms with Gasteiger partial charge in [0.15, 0.2) is 17.0 Å². The van der Waals surface area contributed by atoms with E-state index in [9.17, 15) is 4.79 Å². The Labute approximate surface area is 239 Å². The number of piperidine rings is 1. The Hall–Kier alpha value is -3.15. The standard InChI is InChI=1S/C28H38ClN9O2/c29-18-5-9-21(10-6-18)34-28(39)40-37-15-13-22(14-16-37)32-25-24-26(38(17-31-24)23-3-1-2-4-23)36-27(35-25)33-20-11-7-19(30)8-12-20/h5-6,9-10,17,19-20,22-23H,1-4,7-8,11-16,30H2,(H,34,39)(H2,32,33,35,36). The number of hydrogen-bond acceptors (Lipinski definition) is 9. The third-order valence-electron chi connectivity index (χ3n) is 8.34. The first-order valence-electron chi connectivity index (χ1n) is 14.5. The van der Waals surface area contributed by atoms with Crippen molar-refractivity contribution < 1.29 is 9.63 Å². The Kier molecular flexibility index (Phi) is 8.22. The van der Waals surface area contributed by atoms with Crippen molar-refractivity contribution in [1.82, 2.24) is 24.6 Å². The van der Waals surface area contributed by atoms with Crippen molar-refractivity contribution in [2.75, 3.05) is 29.0 Å². The van der Waals surface area contributed by atoms with Crippen molar-refractivity contribution in [3.63, 3.8) is 0 Å². The SMILES string of the molecule is NC1CCC(Nc2nc(NC3CCN(OC(=O)Nc4ccc(Cl)cc4)CC3)c3ncn(C4CCCC4)c3n2)CC1. The van der Waals surface area contributed by atoms with E-state index in [4.69, 9.17) is 37.1 Å². The maximum absolute atomic E-state index is 12.3. The van der Waals surface area contributed by atoms with Crippen LogP contribution in [0.3, 0.4) is 0 Å². The van der Waals surface area contributed by atoms with Gasteiger partial charge in [0.2, 0.25) is 5.95 Å². The van der Waals surface area contributed by atoms with Gasteiger partial charge < -0.3 is 25.8 Å². The topological polar surface area (TPSA) is 135 Å². The Bertz CT molecular complexity index is 1300. The molecule has 3 aliphatic rings. The van der Waals surface area contributed by atoms with E-state index in [1.807, 2.05) is 6.33 Å². The van der Waals surface area contributed by atoms with Gasteiger partial charge in [0.05, 0.1) is 6.33 Å². The van der Waals surface area contributed by atoms with Gasteiger partial charge in [0.1, 0.15) is 0 Å². The lowest BCUT2D eigenvalue weighted by atomic mass is 9.92. The van der Waals surface area contributed by atoms with E-state index >= 15 is 0 Å². The number of imidazole rings is 1. The van der Waals surface area contributed by atoms with E-state index in [0.29, 0.717) is 47.9 Å². The van der Waals surface area contributed by atoms with E-state index in [1.165, 1.54) is 12.8 Å². The number of fused-ring (bicyclic) bond motifs is 1. The minimum atomic E-state index is -0.511. The average Bonchev–Trinajstić information content (AvgIpc) is 3.63. The number of rotatable bonds is 7. The van der Waals surface area contributed by atoms with E-state index in [0.717, 1.165) is 68.3 Å². The normalized spacial score (nSPS) is 22.9. The molecule has 6 rings (SSSR count). The number of amides is 1. The van der Waals surface area contributed by atoms with Crippen LogP contribution in [0.25, 0.3) is 11.2 Å². The third-order valence-corrected chi connectivity index (χ3v) is 8.59. The molecule has 5 N–H and O–H groups in total. The molecule has 1 saturated heterocycles. The van der Waals surface area contributed by atoms with E-state index in [1.54, 1.807) is 29.3 Å². The summed E-state index contributed by atoms with van der Waals surface area (Å²) in [4.78, 5) is 32.5. The lowest BCUT2D eigenvalue weighted by Crippen LogP contribution is -2.41. The first-order chi connectivity index (χ1) is 19.5. The Morgan fingerprint density at radius 3 is 2.35 bits per heavy atom. The molecule has 214 valence electrons. The summed E-state index contributed by atoms with van der Waals surface area (Å²) in [7, 11) is 0. The molecule has 0 radical (unpaired) electrons. The van der Waals surface area contributed by atoms with Crippen LogP contribution in [0.4, 0.5) is 22.2 Å². The molecule has 3 aromatic rings. The van der Waals surface area contributed by atoms with Gasteiger partial charge in [0, 0.05) is 48.0 Å². The third kappa shape index (κ3) is 6.42. The van der Waals surface area contributed by atoms with E-state index in [-0.39, 0.29) is 6.04 Å². The van der Waals surface area contributed by atoms with E-state index in [2.05, 4.69) is 20.5 Å². The predicted molar refractivity (Wildman–Crippen MR) is 156 cm³/mol. The van der Waals surface area contributed by atoms with Crippen molar-refractivity contribution in [3.05, 3.63) is 35.6 Å². The van der Waals surface area contributed by atoms with Crippen LogP contribution in [-0.4, -0.2) is 61.9 Å². The molecule has 11 nitrogen and oxygen atoms in total. The molecular weight excluding hydrogens is 530 g/mol. The maximum atomic E-state index is 12.3. The number of carbonyl (C=O) groups is 1. The largest absolute Gasteiger partial charge is 0.430 e. The molecule has 12 heteroatoms. The van der Waals surface area contributed by atoms with Crippen molar-refractivity contribution >= 4 is 46.3 Å². The molecule has 40 heavy (non-hydrogen) atoms. The molecule has 0 bridgehead atoms. The van der Waals surface area contributed by atoms with Crippen molar-refractivity contribution in [2.45, 2.75) is 88.4 Å². The second-order valence-corrected chi connectivity index (χ2v) is 11.7. The fourth-order valence-corrected chi connectivity index (χ4v) is 6.18. The highest BCUT2D eigenvalue weighted by Crippen LogP contribution is 2.34. The highest BCUT2D eigenvalue weighted by atomic mass is 35.5. The number of nitrogens with zero attached hydrogens (tertiary/aromatic N) is 5. The summed E-state index contributed by atoms with van der Waals surface area (Å²) in [5, 5.41) is 12.3. The summed E-state index contributed by atoms with van der Waals surface area (Å²) in [5.74, 6) is 1.41. The van der Waals surface area contributed by atoms with Gasteiger partial charge >= 0.3 is 6.09 Å². The molecule has 1 aromatic carbocycles. The first-order valence-corrected chi connectivity index (χ1v) is 14.9. The number of halogens is 1. The van der Waals surface area contributed by atoms with Crippen LogP contribution in [0, 0.1) is 0 Å². The van der Waals surface area contributed by atoms with Gasteiger partial charge in [-0.2, -0.15) is 9.97 Å². The summed E-state index contributed by atoms with van der Waals surface area (Å²) < 4.78 is 2.24. The molecule has 0 unspecified atom stereocenters. The number of aromatic nitrogens is 4. The lowest BCUT2D eigenvalue weighted by Gasteiger charge is -2.31. The molecule has 0 spiro atoms. The van der Waals surface area contributed by atoms with Gasteiger partial charge in [0.25, 0.3) is 0 Å². The van der Waals surface area contributed by atoms with Gasteiger partial charge in [-0.3, -0.25) is 5.32 Å². The van der Waals surface area contributed by atoms with Crippen molar-refractivity contribution in [3.8, 4) is 0 Å². The van der Waals surface area contributed by atoms with Crippen LogP contribution in [0.15, 0.2) is 30.6 Å². The smallest absolute Gasteiger partial charge is 0.365 e. The summed E-state index contributed by atoms with van der Waals surface area (Å²) in [5.41, 5.74) is 8.46. The fraction of sp³-hybridized carbons (Fsp3) is 0.571. The highest BCUT2D eigenvalue weighted by molar-refractivity contribution is 6.30. The van der Waals surface area contributed by atoms with Gasteiger partial charge in [-0.1, -0.05) is 24.4 Å². The average molecular weight is 568 g/mol. The fourth-order valence-electron chi connectivity index (χ4n) is 6.05.